The van der Waals surface area contributed by atoms with Gasteiger partial charge in [-0.1, -0.05) is 13.8 Å². The number of rotatable bonds is 4. The molecule has 100 valence electrons. The number of carbonyl (C=O) groups is 1. The van der Waals surface area contributed by atoms with Gasteiger partial charge >= 0.3 is 5.97 Å². The van der Waals surface area contributed by atoms with Crippen LogP contribution in [-0.2, 0) is 10.2 Å². The first-order valence-electron chi connectivity index (χ1n) is 5.14. The van der Waals surface area contributed by atoms with Crippen molar-refractivity contribution in [1.82, 2.24) is 0 Å². The summed E-state index contributed by atoms with van der Waals surface area (Å²) in [4.78, 5) is 10.3. The van der Waals surface area contributed by atoms with Gasteiger partial charge in [0.2, 0.25) is 0 Å². The average molecular weight is 278 g/mol. The summed E-state index contributed by atoms with van der Waals surface area (Å²) in [5.74, 6) is -4.49. The van der Waals surface area contributed by atoms with E-state index in [1.54, 1.807) is 0 Å². The van der Waals surface area contributed by atoms with Gasteiger partial charge in [-0.25, -0.2) is 13.2 Å². The Hall–Kier alpha value is -1.17. The van der Waals surface area contributed by atoms with Crippen molar-refractivity contribution in [3.63, 3.8) is 0 Å². The zero-order valence-corrected chi connectivity index (χ0v) is 11.0. The molecule has 0 saturated heterocycles. The van der Waals surface area contributed by atoms with Crippen LogP contribution in [0.5, 0.6) is 0 Å². The Bertz CT molecular complexity index is 487. The Labute approximate surface area is 107 Å². The monoisotopic (exact) mass is 278 g/mol. The van der Waals surface area contributed by atoms with Gasteiger partial charge in [-0.3, -0.25) is 4.79 Å². The fourth-order valence-corrected chi connectivity index (χ4v) is 2.25. The van der Waals surface area contributed by atoms with Crippen molar-refractivity contribution < 1.29 is 23.1 Å². The fourth-order valence-electron chi connectivity index (χ4n) is 1.73. The Morgan fingerprint density at radius 3 is 2.33 bits per heavy atom. The molecule has 0 atom stereocenters. The summed E-state index contributed by atoms with van der Waals surface area (Å²) in [7, 11) is 0. The lowest BCUT2D eigenvalue weighted by Crippen LogP contribution is -2.24. The number of carboxylic acid groups (broad SMARTS) is 1. The first-order valence-corrected chi connectivity index (χ1v) is 6.37. The number of benzene rings is 1. The maximum atomic E-state index is 13.8. The summed E-state index contributed by atoms with van der Waals surface area (Å²) in [6.07, 6.45) is 1.02. The van der Waals surface area contributed by atoms with E-state index in [1.165, 1.54) is 20.1 Å². The van der Waals surface area contributed by atoms with Crippen LogP contribution in [0.25, 0.3) is 0 Å². The van der Waals surface area contributed by atoms with Crippen molar-refractivity contribution in [2.45, 2.75) is 30.6 Å². The summed E-state index contributed by atoms with van der Waals surface area (Å²) >= 11 is 0.763. The van der Waals surface area contributed by atoms with Crippen molar-refractivity contribution in [1.29, 1.82) is 0 Å². The number of hydrogen-bond donors (Lipinski definition) is 1. The van der Waals surface area contributed by atoms with Crippen LogP contribution >= 0.6 is 11.8 Å². The minimum Gasteiger partial charge on any atom is -0.481 e. The molecule has 0 unspecified atom stereocenters. The highest BCUT2D eigenvalue weighted by molar-refractivity contribution is 7.98. The molecule has 1 aromatic carbocycles. The summed E-state index contributed by atoms with van der Waals surface area (Å²) in [6, 6.07) is 0.868. The predicted octanol–water partition coefficient (Wildman–Crippen LogP) is 3.58. The molecule has 2 nitrogen and oxygen atoms in total. The molecule has 18 heavy (non-hydrogen) atoms. The van der Waals surface area contributed by atoms with Crippen LogP contribution in [0.4, 0.5) is 13.2 Å². The van der Waals surface area contributed by atoms with Gasteiger partial charge in [0.05, 0.1) is 11.3 Å². The van der Waals surface area contributed by atoms with Crippen molar-refractivity contribution in [3.8, 4) is 0 Å². The van der Waals surface area contributed by atoms with E-state index in [4.69, 9.17) is 5.11 Å². The van der Waals surface area contributed by atoms with E-state index in [-0.39, 0.29) is 5.56 Å². The first-order chi connectivity index (χ1) is 8.20. The third-order valence-corrected chi connectivity index (χ3v) is 3.43. The largest absolute Gasteiger partial charge is 0.481 e. The van der Waals surface area contributed by atoms with Gasteiger partial charge in [-0.2, -0.15) is 0 Å². The number of aliphatic carboxylic acids is 1. The molecular weight excluding hydrogens is 265 g/mol. The van der Waals surface area contributed by atoms with Crippen molar-refractivity contribution in [2.24, 2.45) is 0 Å². The molecular formula is C12H13F3O2S. The van der Waals surface area contributed by atoms with Gasteiger partial charge in [0.15, 0.2) is 11.6 Å². The van der Waals surface area contributed by atoms with Crippen LogP contribution in [0.3, 0.4) is 0 Å². The molecule has 0 saturated carbocycles. The first kappa shape index (κ1) is 14.9. The molecule has 0 spiro atoms. The molecule has 6 heteroatoms. The normalized spacial score (nSPS) is 11.7. The molecule has 0 heterocycles. The van der Waals surface area contributed by atoms with Gasteiger partial charge in [0.1, 0.15) is 5.82 Å². The number of hydrogen-bond acceptors (Lipinski definition) is 2. The second-order valence-electron chi connectivity index (χ2n) is 4.52. The summed E-state index contributed by atoms with van der Waals surface area (Å²) < 4.78 is 41.0. The SMILES string of the molecule is CSc1c(F)cc(C(C)(C)CC(=O)O)c(F)c1F. The quantitative estimate of drug-likeness (QED) is 0.675. The lowest BCUT2D eigenvalue weighted by atomic mass is 9.81. The highest BCUT2D eigenvalue weighted by Crippen LogP contribution is 2.35. The topological polar surface area (TPSA) is 37.3 Å². The van der Waals surface area contributed by atoms with Crippen LogP contribution in [-0.4, -0.2) is 17.3 Å². The van der Waals surface area contributed by atoms with Gasteiger partial charge in [-0.05, 0) is 12.3 Å². The molecule has 0 aliphatic heterocycles. The van der Waals surface area contributed by atoms with Gasteiger partial charge in [0, 0.05) is 11.0 Å². The van der Waals surface area contributed by atoms with Crippen molar-refractivity contribution in [3.05, 3.63) is 29.1 Å². The number of thioether (sulfide) groups is 1. The molecule has 1 rings (SSSR count). The molecule has 1 aromatic rings. The van der Waals surface area contributed by atoms with Crippen molar-refractivity contribution >= 4 is 17.7 Å². The van der Waals surface area contributed by atoms with Gasteiger partial charge in [0.25, 0.3) is 0 Å². The van der Waals surface area contributed by atoms with E-state index in [0.29, 0.717) is 0 Å². The summed E-state index contributed by atoms with van der Waals surface area (Å²) in [5.41, 5.74) is -1.45. The Kier molecular flexibility index (Phi) is 4.32. The van der Waals surface area contributed by atoms with E-state index in [1.807, 2.05) is 0 Å². The molecule has 0 aliphatic rings. The standard InChI is InChI=1S/C12H13F3O2S/c1-12(2,5-8(16)17)6-4-7(13)11(18-3)10(15)9(6)14/h4H,5H2,1-3H3,(H,16,17). The molecule has 0 aromatic heterocycles. The number of carboxylic acids is 1. The maximum absolute atomic E-state index is 13.8. The predicted molar refractivity (Wildman–Crippen MR) is 63.4 cm³/mol. The average Bonchev–Trinajstić information content (AvgIpc) is 2.22. The minimum absolute atomic E-state index is 0.266. The zero-order chi connectivity index (χ0) is 14.1. The lowest BCUT2D eigenvalue weighted by Gasteiger charge is -2.24. The second kappa shape index (κ2) is 5.22. The fraction of sp³-hybridized carbons (Fsp3) is 0.417. The molecule has 0 aliphatic carbocycles. The number of halogens is 3. The van der Waals surface area contributed by atoms with E-state index in [9.17, 15) is 18.0 Å². The van der Waals surface area contributed by atoms with E-state index >= 15 is 0 Å². The Balaban J connectivity index is 3.39. The van der Waals surface area contributed by atoms with E-state index in [2.05, 4.69) is 0 Å². The smallest absolute Gasteiger partial charge is 0.304 e. The van der Waals surface area contributed by atoms with Gasteiger partial charge < -0.3 is 5.11 Å². The third-order valence-electron chi connectivity index (χ3n) is 2.64. The Morgan fingerprint density at radius 1 is 1.33 bits per heavy atom. The van der Waals surface area contributed by atoms with Crippen LogP contribution in [0.1, 0.15) is 25.8 Å². The molecule has 0 fully saturated rings. The van der Waals surface area contributed by atoms with Gasteiger partial charge in [-0.15, -0.1) is 11.8 Å². The Morgan fingerprint density at radius 2 is 1.89 bits per heavy atom. The second-order valence-corrected chi connectivity index (χ2v) is 5.34. The maximum Gasteiger partial charge on any atom is 0.304 e. The van der Waals surface area contributed by atoms with Crippen LogP contribution < -0.4 is 0 Å². The minimum atomic E-state index is -1.27. The molecule has 0 bridgehead atoms. The molecule has 0 amide bonds. The third kappa shape index (κ3) is 2.80. The summed E-state index contributed by atoms with van der Waals surface area (Å²) in [6.45, 7) is 2.86. The molecule has 0 radical (unpaired) electrons. The van der Waals surface area contributed by atoms with E-state index in [0.717, 1.165) is 17.8 Å². The zero-order valence-electron chi connectivity index (χ0n) is 10.2. The summed E-state index contributed by atoms with van der Waals surface area (Å²) in [5, 5.41) is 8.73. The van der Waals surface area contributed by atoms with Crippen molar-refractivity contribution in [2.75, 3.05) is 6.26 Å². The highest BCUT2D eigenvalue weighted by atomic mass is 32.2. The van der Waals surface area contributed by atoms with Crippen LogP contribution in [0, 0.1) is 17.5 Å². The van der Waals surface area contributed by atoms with E-state index < -0.39 is 40.2 Å². The highest BCUT2D eigenvalue weighted by Gasteiger charge is 2.31. The van der Waals surface area contributed by atoms with Crippen LogP contribution in [0.15, 0.2) is 11.0 Å². The van der Waals surface area contributed by atoms with Crippen LogP contribution in [0.2, 0.25) is 0 Å². The molecule has 1 N–H and O–H groups in total. The lowest BCUT2D eigenvalue weighted by molar-refractivity contribution is -0.138.